The molecule has 0 aliphatic carbocycles. The molecule has 4 nitrogen and oxygen atoms in total. The fourth-order valence-electron chi connectivity index (χ4n) is 4.31. The highest BCUT2D eigenvalue weighted by molar-refractivity contribution is 5.98. The van der Waals surface area contributed by atoms with Crippen LogP contribution in [-0.2, 0) is 4.79 Å². The summed E-state index contributed by atoms with van der Waals surface area (Å²) in [4.78, 5) is 26.8. The molecule has 0 bridgehead atoms. The van der Waals surface area contributed by atoms with E-state index in [1.807, 2.05) is 0 Å². The first kappa shape index (κ1) is 23.7. The van der Waals surface area contributed by atoms with E-state index in [1.54, 1.807) is 4.90 Å². The van der Waals surface area contributed by atoms with Crippen molar-refractivity contribution in [2.45, 2.75) is 39.0 Å². The van der Waals surface area contributed by atoms with Gasteiger partial charge >= 0.3 is 0 Å². The van der Waals surface area contributed by atoms with Crippen LogP contribution >= 0.6 is 12.4 Å². The number of ketones is 1. The zero-order valence-corrected chi connectivity index (χ0v) is 17.4. The number of likely N-dealkylation sites (tertiary alicyclic amines) is 1. The van der Waals surface area contributed by atoms with Gasteiger partial charge in [0, 0.05) is 37.6 Å². The lowest BCUT2D eigenvalue weighted by Crippen LogP contribution is -2.42. The lowest BCUT2D eigenvalue weighted by atomic mass is 9.84. The quantitative estimate of drug-likeness (QED) is 0.716. The second-order valence-corrected chi connectivity index (χ2v) is 8.05. The van der Waals surface area contributed by atoms with Gasteiger partial charge in [-0.05, 0) is 50.6 Å². The first-order valence-corrected chi connectivity index (χ1v) is 10.0. The summed E-state index contributed by atoms with van der Waals surface area (Å²) in [5.41, 5.74) is -0.676. The number of nitrogens with zero attached hydrogens (tertiary/aromatic N) is 1. The summed E-state index contributed by atoms with van der Waals surface area (Å²) in [5, 5.41) is 3.37. The monoisotopic (exact) mass is 432 g/mol. The summed E-state index contributed by atoms with van der Waals surface area (Å²) in [6, 6.07) is 1.05. The zero-order chi connectivity index (χ0) is 20.3. The van der Waals surface area contributed by atoms with Crippen LogP contribution in [0.5, 0.6) is 0 Å². The first-order chi connectivity index (χ1) is 13.4. The van der Waals surface area contributed by atoms with Gasteiger partial charge in [-0.15, -0.1) is 12.4 Å². The van der Waals surface area contributed by atoms with Crippen LogP contribution in [0.3, 0.4) is 0 Å². The van der Waals surface area contributed by atoms with Crippen LogP contribution in [-0.4, -0.2) is 42.8 Å². The molecule has 1 amide bonds. The molecule has 2 saturated heterocycles. The molecule has 162 valence electrons. The van der Waals surface area contributed by atoms with E-state index in [-0.39, 0.29) is 18.3 Å². The van der Waals surface area contributed by atoms with Gasteiger partial charge in [0.1, 0.15) is 17.5 Å². The van der Waals surface area contributed by atoms with Crippen molar-refractivity contribution < 1.29 is 22.8 Å². The van der Waals surface area contributed by atoms with Crippen molar-refractivity contribution in [3.63, 3.8) is 0 Å². The molecule has 1 aromatic carbocycles. The Morgan fingerprint density at radius 3 is 2.31 bits per heavy atom. The number of carbonyl (C=O) groups excluding carboxylic acids is 2. The summed E-state index contributed by atoms with van der Waals surface area (Å²) < 4.78 is 40.8. The van der Waals surface area contributed by atoms with Crippen LogP contribution in [0, 0.1) is 35.2 Å². The Kier molecular flexibility index (Phi) is 8.52. The minimum absolute atomic E-state index is 0. The van der Waals surface area contributed by atoms with E-state index in [0.717, 1.165) is 25.9 Å². The van der Waals surface area contributed by atoms with E-state index in [1.165, 1.54) is 0 Å². The maximum Gasteiger partial charge on any atom is 0.222 e. The van der Waals surface area contributed by atoms with Gasteiger partial charge in [-0.25, -0.2) is 13.2 Å². The summed E-state index contributed by atoms with van der Waals surface area (Å²) in [6.07, 6.45) is 3.46. The van der Waals surface area contributed by atoms with Gasteiger partial charge in [-0.1, -0.05) is 6.92 Å². The van der Waals surface area contributed by atoms with Crippen molar-refractivity contribution in [1.29, 1.82) is 0 Å². The summed E-state index contributed by atoms with van der Waals surface area (Å²) in [5.74, 6) is -3.73. The molecule has 2 atom stereocenters. The molecule has 2 heterocycles. The van der Waals surface area contributed by atoms with E-state index in [4.69, 9.17) is 0 Å². The molecular weight excluding hydrogens is 405 g/mol. The number of piperidine rings is 2. The Morgan fingerprint density at radius 1 is 1.14 bits per heavy atom. The summed E-state index contributed by atoms with van der Waals surface area (Å²) in [6.45, 7) is 4.88. The van der Waals surface area contributed by atoms with E-state index in [0.29, 0.717) is 56.3 Å². The number of halogens is 4. The van der Waals surface area contributed by atoms with Crippen molar-refractivity contribution in [3.05, 3.63) is 35.1 Å². The normalized spacial score (nSPS) is 21.4. The van der Waals surface area contributed by atoms with Gasteiger partial charge in [0.2, 0.25) is 5.91 Å². The van der Waals surface area contributed by atoms with Gasteiger partial charge in [-0.2, -0.15) is 0 Å². The summed E-state index contributed by atoms with van der Waals surface area (Å²) in [7, 11) is 0. The number of benzene rings is 1. The van der Waals surface area contributed by atoms with Crippen molar-refractivity contribution in [2.24, 2.45) is 17.8 Å². The van der Waals surface area contributed by atoms with Crippen LogP contribution in [0.2, 0.25) is 0 Å². The van der Waals surface area contributed by atoms with E-state index >= 15 is 0 Å². The van der Waals surface area contributed by atoms with E-state index in [2.05, 4.69) is 12.2 Å². The Labute approximate surface area is 175 Å². The lowest BCUT2D eigenvalue weighted by Gasteiger charge is -2.34. The zero-order valence-electron chi connectivity index (χ0n) is 16.6. The maximum absolute atomic E-state index is 13.9. The number of rotatable bonds is 5. The topological polar surface area (TPSA) is 49.4 Å². The maximum atomic E-state index is 13.9. The highest BCUT2D eigenvalue weighted by Crippen LogP contribution is 2.27. The number of nitrogens with one attached hydrogen (secondary N) is 1. The second kappa shape index (κ2) is 10.4. The van der Waals surface area contributed by atoms with Gasteiger partial charge in [0.05, 0.1) is 5.56 Å². The molecule has 8 heteroatoms. The number of amides is 1. The van der Waals surface area contributed by atoms with Gasteiger partial charge in [-0.3, -0.25) is 9.59 Å². The Hall–Kier alpha value is -1.60. The average molecular weight is 433 g/mol. The molecule has 2 aliphatic heterocycles. The first-order valence-electron chi connectivity index (χ1n) is 10.0. The minimum Gasteiger partial charge on any atom is -0.343 e. The van der Waals surface area contributed by atoms with Crippen molar-refractivity contribution in [3.8, 4) is 0 Å². The van der Waals surface area contributed by atoms with Crippen LogP contribution in [0.25, 0.3) is 0 Å². The van der Waals surface area contributed by atoms with Crippen LogP contribution in [0.4, 0.5) is 13.2 Å². The molecule has 2 unspecified atom stereocenters. The summed E-state index contributed by atoms with van der Waals surface area (Å²) >= 11 is 0. The lowest BCUT2D eigenvalue weighted by molar-refractivity contribution is -0.133. The van der Waals surface area contributed by atoms with Gasteiger partial charge < -0.3 is 10.2 Å². The highest BCUT2D eigenvalue weighted by atomic mass is 35.5. The minimum atomic E-state index is -1.17. The van der Waals surface area contributed by atoms with E-state index < -0.39 is 34.7 Å². The molecule has 0 spiro atoms. The third-order valence-corrected chi connectivity index (χ3v) is 6.11. The Morgan fingerprint density at radius 2 is 1.76 bits per heavy atom. The third kappa shape index (κ3) is 5.72. The highest BCUT2D eigenvalue weighted by Gasteiger charge is 2.32. The predicted octanol–water partition coefficient (Wildman–Crippen LogP) is 3.97. The molecule has 0 aromatic heterocycles. The molecular formula is C21H28ClF3N2O2. The van der Waals surface area contributed by atoms with Gasteiger partial charge in [0.15, 0.2) is 5.78 Å². The largest absolute Gasteiger partial charge is 0.343 e. The standard InChI is InChI=1S/C21H27F3N2O2.ClH/c1-13(15-3-2-6-25-12-15)9-19(27)26-7-4-14(5-8-26)21(28)20-17(23)10-16(22)11-18(20)24;/h10-11,13-15,25H,2-9,12H2,1H3;1H. The van der Waals surface area contributed by atoms with Crippen LogP contribution in [0.15, 0.2) is 12.1 Å². The number of hydrogen-bond donors (Lipinski definition) is 1. The van der Waals surface area contributed by atoms with Crippen molar-refractivity contribution >= 4 is 24.1 Å². The number of Topliss-reactive ketones (excluding diaryl/α,β-unsaturated/α-hetero) is 1. The van der Waals surface area contributed by atoms with Crippen molar-refractivity contribution in [1.82, 2.24) is 10.2 Å². The molecule has 2 aliphatic rings. The second-order valence-electron chi connectivity index (χ2n) is 8.05. The molecule has 1 aromatic rings. The van der Waals surface area contributed by atoms with Crippen molar-refractivity contribution in [2.75, 3.05) is 26.2 Å². The van der Waals surface area contributed by atoms with E-state index in [9.17, 15) is 22.8 Å². The van der Waals surface area contributed by atoms with Crippen LogP contribution in [0.1, 0.15) is 49.4 Å². The predicted molar refractivity (Wildman–Crippen MR) is 107 cm³/mol. The Bertz CT molecular complexity index is 710. The fourth-order valence-corrected chi connectivity index (χ4v) is 4.31. The molecule has 0 radical (unpaired) electrons. The SMILES string of the molecule is CC(CC(=O)N1CCC(C(=O)c2c(F)cc(F)cc2F)CC1)C1CCCNC1.Cl. The molecule has 1 N–H and O–H groups in total. The Balaban J connectivity index is 0.00000300. The number of hydrogen-bond acceptors (Lipinski definition) is 3. The molecule has 29 heavy (non-hydrogen) atoms. The number of carbonyl (C=O) groups is 2. The molecule has 2 fully saturated rings. The molecule has 0 saturated carbocycles. The fraction of sp³-hybridized carbons (Fsp3) is 0.619. The van der Waals surface area contributed by atoms with Gasteiger partial charge in [0.25, 0.3) is 0 Å². The van der Waals surface area contributed by atoms with Crippen LogP contribution < -0.4 is 5.32 Å². The third-order valence-electron chi connectivity index (χ3n) is 6.11. The molecule has 3 rings (SSSR count). The smallest absolute Gasteiger partial charge is 0.222 e. The average Bonchev–Trinajstić information content (AvgIpc) is 2.67.